The van der Waals surface area contributed by atoms with Crippen LogP contribution in [-0.4, -0.2) is 162 Å². The number of benzene rings is 4. The molecule has 0 saturated carbocycles. The van der Waals surface area contributed by atoms with Crippen LogP contribution in [0.2, 0.25) is 0 Å². The number of carbonyl (C=O) groups excluding carboxylic acids is 2. The van der Waals surface area contributed by atoms with Gasteiger partial charge in [0.15, 0.2) is 10.1 Å². The van der Waals surface area contributed by atoms with E-state index in [0.29, 0.717) is 36.6 Å². The molecule has 5 rings (SSSR count). The summed E-state index contributed by atoms with van der Waals surface area (Å²) in [5, 5.41) is 0. The lowest BCUT2D eigenvalue weighted by molar-refractivity contribution is -0.147. The average Bonchev–Trinajstić information content (AvgIpc) is 3.38. The fraction of sp³-hybridized carbons (Fsp3) is 0.431. The van der Waals surface area contributed by atoms with Gasteiger partial charge in [-0.1, -0.05) is 97.1 Å². The van der Waals surface area contributed by atoms with Gasteiger partial charge in [-0.05, 0) is 36.8 Å². The SMILES string of the molecule is COCC(C)OC(C)=O.COCN(COC)c1nc(N(COC)COC)nc(N(COC)COC)n1.C[N+](C)(Cc1ccccc1)c1ccccc1.O=C(OCc1ccccc1)c1ccccc1.O=S(=O)([O-])C(F)(F)F. The third-order valence-corrected chi connectivity index (χ3v) is 9.88. The maximum atomic E-state index is 11.6. The highest BCUT2D eigenvalue weighted by atomic mass is 32.2. The molecule has 1 heterocycles. The van der Waals surface area contributed by atoms with E-state index in [9.17, 15) is 22.8 Å². The molecule has 0 bridgehead atoms. The van der Waals surface area contributed by atoms with Crippen LogP contribution in [0.1, 0.15) is 35.3 Å². The number of aromatic nitrogens is 3. The number of hydrogen-bond donors (Lipinski definition) is 0. The fourth-order valence-corrected chi connectivity index (χ4v) is 6.06. The molecule has 21 nitrogen and oxygen atoms in total. The molecule has 0 aliphatic rings. The summed E-state index contributed by atoms with van der Waals surface area (Å²) < 4.78 is 106. The number of alkyl halides is 3. The van der Waals surface area contributed by atoms with Crippen molar-refractivity contribution in [1.29, 1.82) is 0 Å². The number of carbonyl (C=O) groups is 2. The molecule has 1 unspecified atom stereocenters. The van der Waals surface area contributed by atoms with Gasteiger partial charge in [0.05, 0.1) is 26.3 Å². The summed E-state index contributed by atoms with van der Waals surface area (Å²) in [6.07, 6.45) is -0.132. The van der Waals surface area contributed by atoms with Gasteiger partial charge in [0.25, 0.3) is 0 Å². The molecule has 4 aromatic carbocycles. The second kappa shape index (κ2) is 37.4. The predicted octanol–water partition coefficient (Wildman–Crippen LogP) is 7.05. The molecule has 422 valence electrons. The number of anilines is 3. The second-order valence-electron chi connectivity index (χ2n) is 16.2. The Morgan fingerprint density at radius 1 is 0.579 bits per heavy atom. The number of hydrogen-bond acceptors (Lipinski definition) is 20. The van der Waals surface area contributed by atoms with Crippen molar-refractivity contribution in [2.75, 3.05) is 126 Å². The van der Waals surface area contributed by atoms with Gasteiger partial charge < -0.3 is 47.2 Å². The molecular formula is C51H72F3N7O14S. The Morgan fingerprint density at radius 3 is 1.22 bits per heavy atom. The first-order valence-corrected chi connectivity index (χ1v) is 24.3. The number of methoxy groups -OCH3 is 7. The van der Waals surface area contributed by atoms with Crippen molar-refractivity contribution in [1.82, 2.24) is 19.4 Å². The third-order valence-electron chi connectivity index (χ3n) is 9.31. The maximum absolute atomic E-state index is 11.6. The van der Waals surface area contributed by atoms with Crippen LogP contribution in [0.25, 0.3) is 0 Å². The summed E-state index contributed by atoms with van der Waals surface area (Å²) in [6.45, 7) is 6.37. The molecule has 0 spiro atoms. The Kier molecular flexibility index (Phi) is 33.3. The summed E-state index contributed by atoms with van der Waals surface area (Å²) in [5.41, 5.74) is -1.36. The molecule has 0 saturated heterocycles. The summed E-state index contributed by atoms with van der Waals surface area (Å²) in [6, 6.07) is 39.9. The van der Waals surface area contributed by atoms with Crippen molar-refractivity contribution in [3.8, 4) is 0 Å². The lowest BCUT2D eigenvalue weighted by Crippen LogP contribution is -2.39. The molecule has 0 amide bonds. The minimum Gasteiger partial charge on any atom is -0.741 e. The van der Waals surface area contributed by atoms with E-state index in [1.54, 1.807) is 83.5 Å². The maximum Gasteiger partial charge on any atom is 0.485 e. The number of rotatable bonds is 24. The molecule has 0 fully saturated rings. The quantitative estimate of drug-likeness (QED) is 0.0198. The lowest BCUT2D eigenvalue weighted by atomic mass is 10.2. The van der Waals surface area contributed by atoms with Crippen LogP contribution >= 0.6 is 0 Å². The normalized spacial score (nSPS) is 11.3. The first kappa shape index (κ1) is 67.6. The van der Waals surface area contributed by atoms with Gasteiger partial charge in [-0.3, -0.25) is 24.0 Å². The first-order chi connectivity index (χ1) is 36.1. The number of esters is 2. The molecule has 0 aliphatic carbocycles. The van der Waals surface area contributed by atoms with E-state index in [0.717, 1.165) is 16.6 Å². The second-order valence-corrected chi connectivity index (χ2v) is 17.6. The van der Waals surface area contributed by atoms with Crippen LogP contribution in [0.3, 0.4) is 0 Å². The minimum absolute atomic E-state index is 0.132. The highest BCUT2D eigenvalue weighted by molar-refractivity contribution is 7.86. The largest absolute Gasteiger partial charge is 0.741 e. The monoisotopic (exact) mass is 1100 g/mol. The van der Waals surface area contributed by atoms with E-state index in [1.165, 1.54) is 18.2 Å². The van der Waals surface area contributed by atoms with E-state index < -0.39 is 15.6 Å². The van der Waals surface area contributed by atoms with E-state index >= 15 is 0 Å². The van der Waals surface area contributed by atoms with Gasteiger partial charge in [0.2, 0.25) is 17.8 Å². The summed E-state index contributed by atoms with van der Waals surface area (Å²) in [4.78, 5) is 40.5. The Balaban J connectivity index is 0.000000509. The Bertz CT molecular complexity index is 2320. The van der Waals surface area contributed by atoms with Crippen molar-refractivity contribution >= 4 is 45.6 Å². The van der Waals surface area contributed by atoms with Crippen molar-refractivity contribution in [3.05, 3.63) is 138 Å². The molecule has 1 atom stereocenters. The minimum atomic E-state index is -6.09. The van der Waals surface area contributed by atoms with E-state index in [4.69, 9.17) is 55.6 Å². The number of ether oxygens (including phenoxy) is 9. The van der Waals surface area contributed by atoms with Crippen molar-refractivity contribution in [2.45, 2.75) is 38.6 Å². The predicted molar refractivity (Wildman–Crippen MR) is 280 cm³/mol. The molecule has 76 heavy (non-hydrogen) atoms. The van der Waals surface area contributed by atoms with E-state index in [2.05, 4.69) is 89.7 Å². The zero-order chi connectivity index (χ0) is 57.0. The van der Waals surface area contributed by atoms with Crippen LogP contribution in [0.4, 0.5) is 36.7 Å². The molecular weight excluding hydrogens is 1020 g/mol. The first-order valence-electron chi connectivity index (χ1n) is 22.9. The Labute approximate surface area is 444 Å². The Hall–Kier alpha value is -6.39. The zero-order valence-corrected chi connectivity index (χ0v) is 45.7. The number of quaternary nitrogens is 1. The highest BCUT2D eigenvalue weighted by Crippen LogP contribution is 2.23. The van der Waals surface area contributed by atoms with Gasteiger partial charge in [0.1, 0.15) is 65.3 Å². The van der Waals surface area contributed by atoms with Crippen LogP contribution in [-0.2, 0) is 70.7 Å². The van der Waals surface area contributed by atoms with Crippen LogP contribution in [0.5, 0.6) is 0 Å². The zero-order valence-electron chi connectivity index (χ0n) is 44.9. The van der Waals surface area contributed by atoms with Gasteiger partial charge >= 0.3 is 17.4 Å². The Morgan fingerprint density at radius 2 is 0.908 bits per heavy atom. The average molecular weight is 1100 g/mol. The number of para-hydroxylation sites is 1. The van der Waals surface area contributed by atoms with Gasteiger partial charge in [-0.15, -0.1) is 0 Å². The molecule has 25 heteroatoms. The van der Waals surface area contributed by atoms with Gasteiger partial charge in [-0.2, -0.15) is 28.1 Å². The van der Waals surface area contributed by atoms with Crippen molar-refractivity contribution in [3.63, 3.8) is 0 Å². The lowest BCUT2D eigenvalue weighted by Gasteiger charge is -2.29. The molecule has 0 radical (unpaired) electrons. The summed E-state index contributed by atoms with van der Waals surface area (Å²) in [5.74, 6) is 0.554. The highest BCUT2D eigenvalue weighted by Gasteiger charge is 2.37. The number of halogens is 3. The summed E-state index contributed by atoms with van der Waals surface area (Å²) in [7, 11) is 9.43. The molecule has 0 N–H and O–H groups in total. The van der Waals surface area contributed by atoms with E-state index in [-0.39, 0.29) is 58.4 Å². The topological polar surface area (TPSA) is 223 Å². The van der Waals surface area contributed by atoms with Crippen molar-refractivity contribution in [2.24, 2.45) is 0 Å². The fourth-order valence-electron chi connectivity index (χ4n) is 6.06. The molecule has 0 aliphatic heterocycles. The third kappa shape index (κ3) is 27.9. The van der Waals surface area contributed by atoms with E-state index in [1.807, 2.05) is 48.5 Å². The number of nitrogens with zero attached hydrogens (tertiary/aromatic N) is 7. The van der Waals surface area contributed by atoms with Crippen LogP contribution in [0, 0.1) is 0 Å². The van der Waals surface area contributed by atoms with Gasteiger partial charge in [0, 0.05) is 62.3 Å². The smallest absolute Gasteiger partial charge is 0.485 e. The van der Waals surface area contributed by atoms with Crippen LogP contribution in [0.15, 0.2) is 121 Å². The van der Waals surface area contributed by atoms with Crippen LogP contribution < -0.4 is 19.2 Å². The standard InChI is InChI=1S/C15H30N6O6.C15H18N.C14H12O2.C6H12O3.CHF3O3S/c1-22-7-19(8-23-2)13-16-14(20(9-24-3)10-25-4)18-15(17-13)21(11-26-5)12-27-6;1-16(2,15-11-7-4-8-12-15)13-14-9-5-3-6-10-14;15-14(13-9-5-2-6-10-13)16-11-12-7-3-1-4-8-12;1-5(4-8-3)9-6(2)7;2-1(3,4)8(5,6)7/h7-12H2,1-6H3;3-12H,13H2,1-2H3;1-10H,11H2;5H,4H2,1-3H3;(H,5,6,7)/q;+1;;;/p-1. The van der Waals surface area contributed by atoms with Crippen molar-refractivity contribution < 1.29 is 78.4 Å². The molecule has 1 aromatic heterocycles. The van der Waals surface area contributed by atoms with Gasteiger partial charge in [-0.25, -0.2) is 13.2 Å². The summed E-state index contributed by atoms with van der Waals surface area (Å²) >= 11 is 0. The molecule has 5 aromatic rings.